The number of aliphatic hydroxyl groups is 1. The first-order valence-corrected chi connectivity index (χ1v) is 14.0. The van der Waals surface area contributed by atoms with Crippen LogP contribution in [0.1, 0.15) is 35.2 Å². The van der Waals surface area contributed by atoms with E-state index < -0.39 is 39.7 Å². The fraction of sp³-hybridized carbons (Fsp3) is 0.391. The molecule has 1 aromatic heterocycles. The van der Waals surface area contributed by atoms with Gasteiger partial charge in [0, 0.05) is 18.7 Å². The van der Waals surface area contributed by atoms with Crippen molar-refractivity contribution in [2.24, 2.45) is 0 Å². The topological polar surface area (TPSA) is 104 Å². The number of benzene rings is 2. The Morgan fingerprint density at radius 2 is 1.91 bits per heavy atom. The van der Waals surface area contributed by atoms with Gasteiger partial charge in [0.15, 0.2) is 20.8 Å². The zero-order chi connectivity index (χ0) is 25.2. The van der Waals surface area contributed by atoms with Crippen molar-refractivity contribution in [2.75, 3.05) is 17.6 Å². The van der Waals surface area contributed by atoms with Crippen molar-refractivity contribution in [2.45, 2.75) is 43.7 Å². The first-order chi connectivity index (χ1) is 16.6. The lowest BCUT2D eigenvalue weighted by atomic mass is 9.97. The van der Waals surface area contributed by atoms with Crippen LogP contribution in [0.3, 0.4) is 0 Å². The third-order valence-electron chi connectivity index (χ3n) is 5.98. The van der Waals surface area contributed by atoms with Crippen LogP contribution in [0, 0.1) is 11.6 Å². The number of fused-ring (bicyclic) bond motifs is 1. The van der Waals surface area contributed by atoms with E-state index in [2.05, 4.69) is 19.4 Å². The van der Waals surface area contributed by atoms with Gasteiger partial charge >= 0.3 is 0 Å². The summed E-state index contributed by atoms with van der Waals surface area (Å²) >= 11 is 6.93. The first kappa shape index (κ1) is 25.9. The normalized spacial score (nSPS) is 18.6. The molecule has 35 heavy (non-hydrogen) atoms. The molecule has 4 rings (SSSR count). The molecule has 12 heteroatoms. The Hall–Kier alpha value is -2.18. The molecular weight excluding hydrogens is 518 g/mol. The van der Waals surface area contributed by atoms with Crippen LogP contribution in [0.5, 0.6) is 0 Å². The highest BCUT2D eigenvalue weighted by Gasteiger charge is 2.31. The van der Waals surface area contributed by atoms with Crippen LogP contribution in [0.4, 0.5) is 14.6 Å². The highest BCUT2D eigenvalue weighted by atomic mass is 35.5. The van der Waals surface area contributed by atoms with Gasteiger partial charge in [0.2, 0.25) is 0 Å². The lowest BCUT2D eigenvalue weighted by Crippen LogP contribution is -2.45. The number of aromatic nitrogens is 2. The highest BCUT2D eigenvalue weighted by molar-refractivity contribution is 7.90. The standard InChI is InChI=1S/C23H25ClF2N4O3S2/c1-2-13-3-4-15-11-35(32,33)12-20(18(15)7-13)27-10-21(31)19(28-23-22(24)29-34-30-23)8-14-5-16(25)9-17(26)6-14/h3-7,9,19-21,27,31H,2,8,10-12H2,1H3,(H,28,30). The van der Waals surface area contributed by atoms with E-state index in [0.717, 1.165) is 40.9 Å². The summed E-state index contributed by atoms with van der Waals surface area (Å²) in [5.74, 6) is -1.31. The van der Waals surface area contributed by atoms with Crippen molar-refractivity contribution in [1.29, 1.82) is 0 Å². The number of halogens is 3. The third-order valence-corrected chi connectivity index (χ3v) is 8.46. The van der Waals surface area contributed by atoms with Crippen LogP contribution in [0.15, 0.2) is 36.4 Å². The number of sulfone groups is 1. The van der Waals surface area contributed by atoms with E-state index in [4.69, 9.17) is 11.6 Å². The van der Waals surface area contributed by atoms with E-state index >= 15 is 0 Å². The molecular formula is C23H25ClF2N4O3S2. The van der Waals surface area contributed by atoms with E-state index in [1.165, 1.54) is 12.1 Å². The maximum Gasteiger partial charge on any atom is 0.186 e. The largest absolute Gasteiger partial charge is 0.390 e. The van der Waals surface area contributed by atoms with Crippen LogP contribution < -0.4 is 10.6 Å². The summed E-state index contributed by atoms with van der Waals surface area (Å²) in [5, 5.41) is 17.4. The zero-order valence-electron chi connectivity index (χ0n) is 18.8. The molecule has 3 unspecified atom stereocenters. The van der Waals surface area contributed by atoms with Crippen molar-refractivity contribution >= 4 is 39.0 Å². The Labute approximate surface area is 211 Å². The summed E-state index contributed by atoms with van der Waals surface area (Å²) < 4.78 is 60.5. The molecule has 0 aliphatic carbocycles. The van der Waals surface area contributed by atoms with Gasteiger partial charge in [-0.05, 0) is 47.2 Å². The van der Waals surface area contributed by atoms with Gasteiger partial charge in [-0.2, -0.15) is 8.75 Å². The molecule has 1 aliphatic heterocycles. The van der Waals surface area contributed by atoms with E-state index in [1.54, 1.807) is 0 Å². The van der Waals surface area contributed by atoms with Crippen LogP contribution in [0.25, 0.3) is 0 Å². The molecule has 3 N–H and O–H groups in total. The Kier molecular flexibility index (Phi) is 8.02. The van der Waals surface area contributed by atoms with E-state index in [0.29, 0.717) is 5.56 Å². The van der Waals surface area contributed by atoms with E-state index in [-0.39, 0.29) is 35.4 Å². The minimum absolute atomic E-state index is 0.0145. The number of aliphatic hydroxyl groups excluding tert-OH is 1. The van der Waals surface area contributed by atoms with Gasteiger partial charge < -0.3 is 15.7 Å². The number of aryl methyl sites for hydroxylation is 1. The number of hydrogen-bond acceptors (Lipinski definition) is 8. The average molecular weight is 543 g/mol. The molecule has 188 valence electrons. The Balaban J connectivity index is 1.54. The second-order valence-corrected chi connectivity index (χ2v) is 11.6. The van der Waals surface area contributed by atoms with Crippen LogP contribution in [-0.2, 0) is 28.4 Å². The molecule has 0 saturated carbocycles. The summed E-state index contributed by atoms with van der Waals surface area (Å²) in [7, 11) is -3.32. The van der Waals surface area contributed by atoms with Crippen molar-refractivity contribution < 1.29 is 22.3 Å². The van der Waals surface area contributed by atoms with E-state index in [1.807, 2.05) is 25.1 Å². The van der Waals surface area contributed by atoms with Crippen molar-refractivity contribution in [3.63, 3.8) is 0 Å². The lowest BCUT2D eigenvalue weighted by molar-refractivity contribution is 0.145. The molecule has 0 saturated heterocycles. The van der Waals surface area contributed by atoms with Gasteiger partial charge in [-0.15, -0.1) is 0 Å². The highest BCUT2D eigenvalue weighted by Crippen LogP contribution is 2.30. The first-order valence-electron chi connectivity index (χ1n) is 11.1. The fourth-order valence-corrected chi connectivity index (χ4v) is 6.56. The summed E-state index contributed by atoms with van der Waals surface area (Å²) in [5.41, 5.74) is 3.06. The van der Waals surface area contributed by atoms with E-state index in [9.17, 15) is 22.3 Å². The minimum Gasteiger partial charge on any atom is -0.390 e. The number of hydrogen-bond donors (Lipinski definition) is 3. The Morgan fingerprint density at radius 3 is 2.57 bits per heavy atom. The number of nitrogens with zero attached hydrogens (tertiary/aromatic N) is 2. The molecule has 0 spiro atoms. The fourth-order valence-electron chi connectivity index (χ4n) is 4.24. The summed E-state index contributed by atoms with van der Waals surface area (Å²) in [6.45, 7) is 2.04. The minimum atomic E-state index is -3.32. The molecule has 0 bridgehead atoms. The smallest absolute Gasteiger partial charge is 0.186 e. The Morgan fingerprint density at radius 1 is 1.17 bits per heavy atom. The quantitative estimate of drug-likeness (QED) is 0.379. The molecule has 0 radical (unpaired) electrons. The molecule has 0 amide bonds. The van der Waals surface area contributed by atoms with Crippen LogP contribution >= 0.6 is 23.3 Å². The predicted molar refractivity (Wildman–Crippen MR) is 132 cm³/mol. The zero-order valence-corrected chi connectivity index (χ0v) is 21.2. The molecule has 3 atom stereocenters. The predicted octanol–water partition coefficient (Wildman–Crippen LogP) is 3.68. The van der Waals surface area contributed by atoms with Crippen molar-refractivity contribution in [1.82, 2.24) is 14.1 Å². The van der Waals surface area contributed by atoms with Crippen molar-refractivity contribution in [3.8, 4) is 0 Å². The second-order valence-electron chi connectivity index (χ2n) is 8.61. The Bertz CT molecular complexity index is 1290. The summed E-state index contributed by atoms with van der Waals surface area (Å²) in [6, 6.07) is 7.68. The van der Waals surface area contributed by atoms with Crippen LogP contribution in [-0.4, -0.2) is 46.7 Å². The molecule has 0 fully saturated rings. The molecule has 2 aromatic carbocycles. The summed E-state index contributed by atoms with van der Waals surface area (Å²) in [6.07, 6.45) is -0.208. The number of anilines is 1. The average Bonchev–Trinajstić information content (AvgIpc) is 3.19. The lowest BCUT2D eigenvalue weighted by Gasteiger charge is -2.30. The number of rotatable bonds is 9. The third kappa shape index (κ3) is 6.53. The van der Waals surface area contributed by atoms with Gasteiger partial charge in [0.1, 0.15) is 11.6 Å². The second kappa shape index (κ2) is 10.8. The monoisotopic (exact) mass is 542 g/mol. The van der Waals surface area contributed by atoms with Gasteiger partial charge in [-0.25, -0.2) is 17.2 Å². The van der Waals surface area contributed by atoms with Gasteiger partial charge in [-0.3, -0.25) is 0 Å². The van der Waals surface area contributed by atoms with Gasteiger partial charge in [-0.1, -0.05) is 36.7 Å². The van der Waals surface area contributed by atoms with Crippen molar-refractivity contribution in [3.05, 3.63) is 75.4 Å². The maximum absolute atomic E-state index is 13.8. The SMILES string of the molecule is CCc1ccc2c(c1)C(NCC(O)C(Cc1cc(F)cc(F)c1)Nc1nsnc1Cl)CS(=O)(=O)C2. The molecule has 2 heterocycles. The van der Waals surface area contributed by atoms with Gasteiger partial charge in [0.05, 0.1) is 35.4 Å². The van der Waals surface area contributed by atoms with Crippen LogP contribution in [0.2, 0.25) is 5.15 Å². The number of nitrogens with one attached hydrogen (secondary N) is 2. The van der Waals surface area contributed by atoms with Gasteiger partial charge in [0.25, 0.3) is 0 Å². The molecule has 1 aliphatic rings. The summed E-state index contributed by atoms with van der Waals surface area (Å²) in [4.78, 5) is 0. The molecule has 7 nitrogen and oxygen atoms in total. The molecule has 3 aromatic rings. The maximum atomic E-state index is 13.8.